The number of hydrogen-bond donors (Lipinski definition) is 0. The molecule has 0 radical (unpaired) electrons. The van der Waals surface area contributed by atoms with E-state index in [-0.39, 0.29) is 5.56 Å². The van der Waals surface area contributed by atoms with Crippen molar-refractivity contribution in [1.82, 2.24) is 9.38 Å². The average Bonchev–Trinajstić information content (AvgIpc) is 2.60. The van der Waals surface area contributed by atoms with Gasteiger partial charge in [0.25, 0.3) is 5.56 Å². The summed E-state index contributed by atoms with van der Waals surface area (Å²) >= 11 is 4.88. The normalized spacial score (nSPS) is 11.4. The van der Waals surface area contributed by atoms with Crippen LogP contribution in [-0.4, -0.2) is 9.38 Å². The number of halogens is 1. The van der Waals surface area contributed by atoms with E-state index in [1.54, 1.807) is 4.40 Å². The van der Waals surface area contributed by atoms with E-state index in [9.17, 15) is 4.79 Å². The minimum absolute atomic E-state index is 0.00812. The topological polar surface area (TPSA) is 34.4 Å². The van der Waals surface area contributed by atoms with Crippen LogP contribution in [0, 0.1) is 6.92 Å². The first kappa shape index (κ1) is 9.99. The lowest BCUT2D eigenvalue weighted by molar-refractivity contribution is 1.05. The number of hydrogen-bond acceptors (Lipinski definition) is 3. The van der Waals surface area contributed by atoms with Crippen molar-refractivity contribution in [2.45, 2.75) is 6.92 Å². The Bertz CT molecular complexity index is 760. The van der Waals surface area contributed by atoms with Crippen LogP contribution in [0.5, 0.6) is 0 Å². The second-order valence-corrected chi connectivity index (χ2v) is 5.24. The predicted molar refractivity (Wildman–Crippen MR) is 69.3 cm³/mol. The molecule has 0 aliphatic carbocycles. The van der Waals surface area contributed by atoms with Crippen LogP contribution in [0.4, 0.5) is 0 Å². The first-order valence-corrected chi connectivity index (χ1v) is 6.41. The molecular formula is C11H7BrN2OS. The molecule has 80 valence electrons. The van der Waals surface area contributed by atoms with Gasteiger partial charge in [0, 0.05) is 15.5 Å². The summed E-state index contributed by atoms with van der Waals surface area (Å²) in [5.41, 5.74) is 1.66. The third kappa shape index (κ3) is 1.25. The molecule has 0 amide bonds. The fraction of sp³-hybridized carbons (Fsp3) is 0.0909. The SMILES string of the molecule is Cc1csc2nc3cccc(Br)c3c(=O)n12. The molecule has 0 bridgehead atoms. The van der Waals surface area contributed by atoms with Gasteiger partial charge in [0.05, 0.1) is 10.9 Å². The molecule has 0 fully saturated rings. The minimum Gasteiger partial charge on any atom is -0.268 e. The molecule has 2 aromatic heterocycles. The van der Waals surface area contributed by atoms with Crippen LogP contribution in [-0.2, 0) is 0 Å². The Balaban J connectivity index is 2.70. The van der Waals surface area contributed by atoms with Crippen molar-refractivity contribution in [1.29, 1.82) is 0 Å². The fourth-order valence-electron chi connectivity index (χ4n) is 1.75. The van der Waals surface area contributed by atoms with E-state index in [2.05, 4.69) is 20.9 Å². The maximum Gasteiger partial charge on any atom is 0.267 e. The third-order valence-electron chi connectivity index (χ3n) is 2.50. The summed E-state index contributed by atoms with van der Waals surface area (Å²) in [4.78, 5) is 17.5. The molecule has 16 heavy (non-hydrogen) atoms. The highest BCUT2D eigenvalue weighted by atomic mass is 79.9. The van der Waals surface area contributed by atoms with Crippen LogP contribution < -0.4 is 5.56 Å². The zero-order valence-corrected chi connectivity index (χ0v) is 10.8. The van der Waals surface area contributed by atoms with E-state index >= 15 is 0 Å². The van der Waals surface area contributed by atoms with Crippen molar-refractivity contribution in [3.8, 4) is 0 Å². The first-order valence-electron chi connectivity index (χ1n) is 4.73. The van der Waals surface area contributed by atoms with Gasteiger partial charge < -0.3 is 0 Å². The van der Waals surface area contributed by atoms with Crippen LogP contribution in [0.1, 0.15) is 5.69 Å². The molecule has 0 aliphatic rings. The van der Waals surface area contributed by atoms with Gasteiger partial charge in [-0.05, 0) is 35.0 Å². The summed E-state index contributed by atoms with van der Waals surface area (Å²) in [6.45, 7) is 1.91. The summed E-state index contributed by atoms with van der Waals surface area (Å²) in [5.74, 6) is 0. The van der Waals surface area contributed by atoms with Gasteiger partial charge >= 0.3 is 0 Å². The minimum atomic E-state index is -0.00812. The summed E-state index contributed by atoms with van der Waals surface area (Å²) in [5, 5.41) is 2.58. The standard InChI is InChI=1S/C11H7BrN2OS/c1-6-5-16-11-13-8-4-2-3-7(12)9(8)10(15)14(6)11/h2-5H,1H3. The first-order chi connectivity index (χ1) is 7.68. The van der Waals surface area contributed by atoms with Gasteiger partial charge in [-0.1, -0.05) is 6.07 Å². The molecule has 0 atom stereocenters. The maximum atomic E-state index is 12.3. The summed E-state index contributed by atoms with van der Waals surface area (Å²) < 4.78 is 2.44. The van der Waals surface area contributed by atoms with E-state index in [1.807, 2.05) is 30.5 Å². The molecule has 3 rings (SSSR count). The molecule has 0 saturated carbocycles. The van der Waals surface area contributed by atoms with Crippen LogP contribution in [0.15, 0.2) is 32.8 Å². The van der Waals surface area contributed by atoms with Crippen LogP contribution in [0.2, 0.25) is 0 Å². The molecule has 3 aromatic rings. The lowest BCUT2D eigenvalue weighted by Gasteiger charge is -2.01. The predicted octanol–water partition coefficient (Wildman–Crippen LogP) is 2.98. The molecular weight excluding hydrogens is 288 g/mol. The van der Waals surface area contributed by atoms with Crippen molar-refractivity contribution < 1.29 is 0 Å². The monoisotopic (exact) mass is 294 g/mol. The Morgan fingerprint density at radius 2 is 2.25 bits per heavy atom. The van der Waals surface area contributed by atoms with Crippen LogP contribution in [0.3, 0.4) is 0 Å². The van der Waals surface area contributed by atoms with E-state index < -0.39 is 0 Å². The highest BCUT2D eigenvalue weighted by Gasteiger charge is 2.10. The van der Waals surface area contributed by atoms with Crippen molar-refractivity contribution in [3.05, 3.63) is 44.1 Å². The summed E-state index contributed by atoms with van der Waals surface area (Å²) in [7, 11) is 0. The average molecular weight is 295 g/mol. The molecule has 2 heterocycles. The smallest absolute Gasteiger partial charge is 0.267 e. The van der Waals surface area contributed by atoms with Crippen molar-refractivity contribution >= 4 is 43.1 Å². The lowest BCUT2D eigenvalue weighted by Crippen LogP contribution is -2.15. The summed E-state index contributed by atoms with van der Waals surface area (Å²) in [6.07, 6.45) is 0. The molecule has 0 unspecified atom stereocenters. The molecule has 0 N–H and O–H groups in total. The van der Waals surface area contributed by atoms with Crippen molar-refractivity contribution in [2.24, 2.45) is 0 Å². The molecule has 3 nitrogen and oxygen atoms in total. The van der Waals surface area contributed by atoms with Gasteiger partial charge in [-0.25, -0.2) is 4.98 Å². The van der Waals surface area contributed by atoms with Gasteiger partial charge in [0.2, 0.25) is 0 Å². The number of rotatable bonds is 0. The van der Waals surface area contributed by atoms with Crippen LogP contribution >= 0.6 is 27.3 Å². The number of fused-ring (bicyclic) bond motifs is 2. The van der Waals surface area contributed by atoms with Gasteiger partial charge in [-0.15, -0.1) is 11.3 Å². The Morgan fingerprint density at radius 1 is 1.44 bits per heavy atom. The zero-order valence-electron chi connectivity index (χ0n) is 8.40. The molecule has 5 heteroatoms. The van der Waals surface area contributed by atoms with Gasteiger partial charge in [-0.3, -0.25) is 9.20 Å². The van der Waals surface area contributed by atoms with E-state index in [1.165, 1.54) is 11.3 Å². The Labute approximate surface area is 103 Å². The van der Waals surface area contributed by atoms with E-state index in [0.717, 1.165) is 20.6 Å². The Hall–Kier alpha value is -1.20. The number of benzene rings is 1. The Kier molecular flexibility index (Phi) is 2.12. The number of aryl methyl sites for hydroxylation is 1. The molecule has 1 aromatic carbocycles. The van der Waals surface area contributed by atoms with E-state index in [4.69, 9.17) is 0 Å². The largest absolute Gasteiger partial charge is 0.268 e. The highest BCUT2D eigenvalue weighted by Crippen LogP contribution is 2.21. The van der Waals surface area contributed by atoms with Gasteiger partial charge in [0.1, 0.15) is 0 Å². The molecule has 0 aliphatic heterocycles. The lowest BCUT2D eigenvalue weighted by atomic mass is 10.2. The van der Waals surface area contributed by atoms with Crippen molar-refractivity contribution in [2.75, 3.05) is 0 Å². The maximum absolute atomic E-state index is 12.3. The zero-order chi connectivity index (χ0) is 11.3. The fourth-order valence-corrected chi connectivity index (χ4v) is 3.14. The number of aromatic nitrogens is 2. The highest BCUT2D eigenvalue weighted by molar-refractivity contribution is 9.10. The number of nitrogens with zero attached hydrogens (tertiary/aromatic N) is 2. The second kappa shape index (κ2) is 3.40. The van der Waals surface area contributed by atoms with Crippen LogP contribution in [0.25, 0.3) is 15.9 Å². The molecule has 0 saturated heterocycles. The van der Waals surface area contributed by atoms with Gasteiger partial charge in [0.15, 0.2) is 4.96 Å². The second-order valence-electron chi connectivity index (χ2n) is 3.55. The quantitative estimate of drug-likeness (QED) is 0.639. The summed E-state index contributed by atoms with van der Waals surface area (Å²) in [6, 6.07) is 5.60. The van der Waals surface area contributed by atoms with Crippen molar-refractivity contribution in [3.63, 3.8) is 0 Å². The Morgan fingerprint density at radius 3 is 3.06 bits per heavy atom. The third-order valence-corrected chi connectivity index (χ3v) is 4.11. The van der Waals surface area contributed by atoms with Gasteiger partial charge in [-0.2, -0.15) is 0 Å². The number of thiazole rings is 1. The molecule has 0 spiro atoms. The van der Waals surface area contributed by atoms with E-state index in [0.29, 0.717) is 5.39 Å².